The first-order valence-corrected chi connectivity index (χ1v) is 7.89. The zero-order chi connectivity index (χ0) is 17.6. The van der Waals surface area contributed by atoms with E-state index >= 15 is 0 Å². The van der Waals surface area contributed by atoms with E-state index in [1.807, 2.05) is 54.6 Å². The first-order valence-electron chi connectivity index (χ1n) is 7.89. The Morgan fingerprint density at radius 1 is 0.920 bits per heavy atom. The van der Waals surface area contributed by atoms with Crippen molar-refractivity contribution >= 4 is 28.4 Å². The van der Waals surface area contributed by atoms with Crippen LogP contribution in [0.3, 0.4) is 0 Å². The number of amides is 1. The van der Waals surface area contributed by atoms with Gasteiger partial charge in [-0.15, -0.1) is 0 Å². The predicted octanol–water partition coefficient (Wildman–Crippen LogP) is 4.51. The number of hydrogen-bond donors (Lipinski definition) is 1. The first-order chi connectivity index (χ1) is 12.2. The average Bonchev–Trinajstić information content (AvgIpc) is 2.66. The van der Waals surface area contributed by atoms with Crippen LogP contribution < -0.4 is 14.8 Å². The number of nitrogens with one attached hydrogen (secondary N) is 1. The van der Waals surface area contributed by atoms with Crippen LogP contribution in [0.4, 0.5) is 5.69 Å². The Balaban J connectivity index is 1.76. The topological polar surface area (TPSA) is 47.6 Å². The van der Waals surface area contributed by atoms with E-state index < -0.39 is 0 Å². The Morgan fingerprint density at radius 2 is 1.72 bits per heavy atom. The van der Waals surface area contributed by atoms with Gasteiger partial charge >= 0.3 is 0 Å². The summed E-state index contributed by atoms with van der Waals surface area (Å²) < 4.78 is 10.5. The summed E-state index contributed by atoms with van der Waals surface area (Å²) in [5, 5.41) is 5.09. The smallest absolute Gasteiger partial charge is 0.248 e. The number of hydrogen-bond acceptors (Lipinski definition) is 3. The molecule has 4 nitrogen and oxygen atoms in total. The molecule has 0 atom stereocenters. The molecule has 0 aliphatic carbocycles. The van der Waals surface area contributed by atoms with Crippen molar-refractivity contribution in [1.29, 1.82) is 0 Å². The predicted molar refractivity (Wildman–Crippen MR) is 101 cm³/mol. The minimum absolute atomic E-state index is 0.208. The van der Waals surface area contributed by atoms with Crippen molar-refractivity contribution < 1.29 is 14.3 Å². The van der Waals surface area contributed by atoms with Crippen LogP contribution in [-0.2, 0) is 4.79 Å². The van der Waals surface area contributed by atoms with Gasteiger partial charge in [-0.1, -0.05) is 30.3 Å². The quantitative estimate of drug-likeness (QED) is 0.699. The van der Waals surface area contributed by atoms with Crippen molar-refractivity contribution in [2.45, 2.75) is 0 Å². The molecular formula is C21H19NO3. The summed E-state index contributed by atoms with van der Waals surface area (Å²) in [7, 11) is 3.19. The highest BCUT2D eigenvalue weighted by Crippen LogP contribution is 2.25. The molecule has 0 heterocycles. The molecule has 126 valence electrons. The Bertz CT molecular complexity index is 931. The molecule has 0 saturated heterocycles. The fourth-order valence-corrected chi connectivity index (χ4v) is 2.59. The van der Waals surface area contributed by atoms with Crippen LogP contribution in [0.25, 0.3) is 16.8 Å². The molecule has 25 heavy (non-hydrogen) atoms. The van der Waals surface area contributed by atoms with Gasteiger partial charge in [0.05, 0.1) is 14.2 Å². The van der Waals surface area contributed by atoms with Crippen LogP contribution in [0, 0.1) is 0 Å². The molecule has 1 N–H and O–H groups in total. The lowest BCUT2D eigenvalue weighted by atomic mass is 10.1. The van der Waals surface area contributed by atoms with Crippen LogP contribution in [0.2, 0.25) is 0 Å². The second-order valence-corrected chi connectivity index (χ2v) is 5.49. The van der Waals surface area contributed by atoms with E-state index in [4.69, 9.17) is 9.47 Å². The maximum Gasteiger partial charge on any atom is 0.248 e. The summed E-state index contributed by atoms with van der Waals surface area (Å²) in [4.78, 5) is 12.2. The molecule has 3 rings (SSSR count). The highest BCUT2D eigenvalue weighted by molar-refractivity contribution is 6.03. The van der Waals surface area contributed by atoms with Gasteiger partial charge in [0.15, 0.2) is 0 Å². The number of carbonyl (C=O) groups excluding carboxylic acids is 1. The standard InChI is InChI=1S/C21H19NO3/c1-24-19-10-11-20(25-2)17(14-19)8-12-21(23)22-18-9-7-15-5-3-4-6-16(15)13-18/h3-14H,1-2H3,(H,22,23)/b12-8+. The van der Waals surface area contributed by atoms with Crippen LogP contribution >= 0.6 is 0 Å². The maximum absolute atomic E-state index is 12.2. The van der Waals surface area contributed by atoms with Crippen molar-refractivity contribution in [2.75, 3.05) is 19.5 Å². The van der Waals surface area contributed by atoms with Crippen LogP contribution in [0.15, 0.2) is 66.7 Å². The van der Waals surface area contributed by atoms with E-state index in [9.17, 15) is 4.79 Å². The number of benzene rings is 3. The Kier molecular flexibility index (Phi) is 5.00. The fraction of sp³-hybridized carbons (Fsp3) is 0.0952. The molecule has 0 spiro atoms. The van der Waals surface area contributed by atoms with Gasteiger partial charge in [-0.05, 0) is 47.2 Å². The van der Waals surface area contributed by atoms with Crippen molar-refractivity contribution in [3.8, 4) is 11.5 Å². The molecule has 0 unspecified atom stereocenters. The average molecular weight is 333 g/mol. The van der Waals surface area contributed by atoms with Crippen LogP contribution in [0.5, 0.6) is 11.5 Å². The van der Waals surface area contributed by atoms with Gasteiger partial charge in [0, 0.05) is 17.3 Å². The largest absolute Gasteiger partial charge is 0.497 e. The normalized spacial score (nSPS) is 10.8. The third-order valence-corrected chi connectivity index (χ3v) is 3.87. The number of ether oxygens (including phenoxy) is 2. The van der Waals surface area contributed by atoms with Crippen LogP contribution in [0.1, 0.15) is 5.56 Å². The molecular weight excluding hydrogens is 314 g/mol. The maximum atomic E-state index is 12.2. The number of carbonyl (C=O) groups is 1. The molecule has 3 aromatic carbocycles. The lowest BCUT2D eigenvalue weighted by molar-refractivity contribution is -0.111. The molecule has 3 aromatic rings. The summed E-state index contributed by atoms with van der Waals surface area (Å²) >= 11 is 0. The number of rotatable bonds is 5. The second-order valence-electron chi connectivity index (χ2n) is 5.49. The number of methoxy groups -OCH3 is 2. The number of fused-ring (bicyclic) bond motifs is 1. The zero-order valence-electron chi connectivity index (χ0n) is 14.2. The minimum atomic E-state index is -0.208. The lowest BCUT2D eigenvalue weighted by Crippen LogP contribution is -2.07. The van der Waals surface area contributed by atoms with E-state index in [-0.39, 0.29) is 5.91 Å². The van der Waals surface area contributed by atoms with E-state index in [2.05, 4.69) is 5.32 Å². The Morgan fingerprint density at radius 3 is 2.48 bits per heavy atom. The molecule has 1 amide bonds. The summed E-state index contributed by atoms with van der Waals surface area (Å²) in [6.07, 6.45) is 3.18. The summed E-state index contributed by atoms with van der Waals surface area (Å²) in [5.41, 5.74) is 1.53. The fourth-order valence-electron chi connectivity index (χ4n) is 2.59. The highest BCUT2D eigenvalue weighted by atomic mass is 16.5. The summed E-state index contributed by atoms with van der Waals surface area (Å²) in [6, 6.07) is 19.3. The van der Waals surface area contributed by atoms with Gasteiger partial charge < -0.3 is 14.8 Å². The highest BCUT2D eigenvalue weighted by Gasteiger charge is 2.04. The second kappa shape index (κ2) is 7.53. The third-order valence-electron chi connectivity index (χ3n) is 3.87. The SMILES string of the molecule is COc1ccc(OC)c(/C=C/C(=O)Nc2ccc3ccccc3c2)c1. The molecule has 0 aliphatic rings. The van der Waals surface area contributed by atoms with Gasteiger partial charge in [-0.25, -0.2) is 0 Å². The molecule has 0 fully saturated rings. The van der Waals surface area contributed by atoms with Gasteiger partial charge in [0.1, 0.15) is 11.5 Å². The minimum Gasteiger partial charge on any atom is -0.497 e. The van der Waals surface area contributed by atoms with Gasteiger partial charge in [-0.2, -0.15) is 0 Å². The molecule has 0 aromatic heterocycles. The van der Waals surface area contributed by atoms with E-state index in [0.717, 1.165) is 22.0 Å². The van der Waals surface area contributed by atoms with Crippen LogP contribution in [-0.4, -0.2) is 20.1 Å². The molecule has 0 radical (unpaired) electrons. The zero-order valence-corrected chi connectivity index (χ0v) is 14.2. The summed E-state index contributed by atoms with van der Waals surface area (Å²) in [5.74, 6) is 1.17. The van der Waals surface area contributed by atoms with Gasteiger partial charge in [0.2, 0.25) is 5.91 Å². The van der Waals surface area contributed by atoms with E-state index in [1.165, 1.54) is 6.08 Å². The third kappa shape index (κ3) is 3.98. The monoisotopic (exact) mass is 333 g/mol. The Labute approximate surface area is 146 Å². The number of anilines is 1. The summed E-state index contributed by atoms with van der Waals surface area (Å²) in [6.45, 7) is 0. The van der Waals surface area contributed by atoms with Crippen molar-refractivity contribution in [1.82, 2.24) is 0 Å². The molecule has 0 bridgehead atoms. The molecule has 4 heteroatoms. The van der Waals surface area contributed by atoms with E-state index in [1.54, 1.807) is 26.4 Å². The first kappa shape index (κ1) is 16.6. The van der Waals surface area contributed by atoms with Crippen molar-refractivity contribution in [2.24, 2.45) is 0 Å². The lowest BCUT2D eigenvalue weighted by Gasteiger charge is -2.07. The van der Waals surface area contributed by atoms with Crippen molar-refractivity contribution in [3.05, 3.63) is 72.3 Å². The molecule has 0 saturated carbocycles. The molecule has 0 aliphatic heterocycles. The van der Waals surface area contributed by atoms with E-state index in [0.29, 0.717) is 11.5 Å². The van der Waals surface area contributed by atoms with Gasteiger partial charge in [0.25, 0.3) is 0 Å². The van der Waals surface area contributed by atoms with Gasteiger partial charge in [-0.3, -0.25) is 4.79 Å². The van der Waals surface area contributed by atoms with Crippen molar-refractivity contribution in [3.63, 3.8) is 0 Å². The Hall–Kier alpha value is -3.27.